The molecule has 0 amide bonds. The predicted molar refractivity (Wildman–Crippen MR) is 113 cm³/mol. The molecule has 0 unspecified atom stereocenters. The number of nitrogens with one attached hydrogen (secondary N) is 1. The third kappa shape index (κ3) is 3.83. The molecule has 0 fully saturated rings. The molecule has 1 aromatic heterocycles. The quantitative estimate of drug-likeness (QED) is 0.521. The Kier molecular flexibility index (Phi) is 4.98. The van der Waals surface area contributed by atoms with Crippen molar-refractivity contribution in [3.05, 3.63) is 89.7 Å². The number of imidazole rings is 1. The van der Waals surface area contributed by atoms with Gasteiger partial charge in [-0.05, 0) is 47.5 Å². The van der Waals surface area contributed by atoms with Gasteiger partial charge in [0.15, 0.2) is 0 Å². The average molecular weight is 374 g/mol. The van der Waals surface area contributed by atoms with E-state index >= 15 is 0 Å². The highest BCUT2D eigenvalue weighted by molar-refractivity contribution is 5.78. The molecular formula is C23H23FN4. The zero-order valence-corrected chi connectivity index (χ0v) is 16.1. The predicted octanol–water partition coefficient (Wildman–Crippen LogP) is 4.90. The Balaban J connectivity index is 1.59. The Morgan fingerprint density at radius 3 is 2.29 bits per heavy atom. The van der Waals surface area contributed by atoms with E-state index < -0.39 is 0 Å². The first-order valence-electron chi connectivity index (χ1n) is 9.30. The van der Waals surface area contributed by atoms with Gasteiger partial charge in [0.25, 0.3) is 0 Å². The van der Waals surface area contributed by atoms with Gasteiger partial charge in [0, 0.05) is 26.3 Å². The van der Waals surface area contributed by atoms with Crippen molar-refractivity contribution in [3.63, 3.8) is 0 Å². The van der Waals surface area contributed by atoms with Crippen LogP contribution in [0, 0.1) is 5.82 Å². The van der Waals surface area contributed by atoms with Gasteiger partial charge in [-0.25, -0.2) is 9.37 Å². The number of benzene rings is 3. The van der Waals surface area contributed by atoms with Gasteiger partial charge in [0.05, 0.1) is 17.6 Å². The van der Waals surface area contributed by atoms with E-state index in [0.717, 1.165) is 22.5 Å². The molecule has 0 radical (unpaired) electrons. The van der Waals surface area contributed by atoms with Crippen LogP contribution in [-0.4, -0.2) is 23.6 Å². The Hall–Kier alpha value is -3.34. The van der Waals surface area contributed by atoms with Crippen molar-refractivity contribution >= 4 is 22.7 Å². The standard InChI is InChI=1S/C23H23FN4/c1-27(2)20-13-9-17(10-14-20)15-25-23-26-21-5-3-4-6-22(21)28(23)16-18-7-11-19(24)12-8-18/h3-14H,15-16H2,1-2H3,(H,25,26). The fraction of sp³-hybridized carbons (Fsp3) is 0.174. The van der Waals surface area contributed by atoms with E-state index in [9.17, 15) is 4.39 Å². The number of aromatic nitrogens is 2. The van der Waals surface area contributed by atoms with E-state index in [1.54, 1.807) is 0 Å². The van der Waals surface area contributed by atoms with Crippen molar-refractivity contribution in [2.75, 3.05) is 24.3 Å². The number of anilines is 2. The van der Waals surface area contributed by atoms with Crippen molar-refractivity contribution in [3.8, 4) is 0 Å². The van der Waals surface area contributed by atoms with Gasteiger partial charge in [-0.2, -0.15) is 0 Å². The van der Waals surface area contributed by atoms with E-state index in [4.69, 9.17) is 4.98 Å². The van der Waals surface area contributed by atoms with E-state index in [0.29, 0.717) is 13.1 Å². The van der Waals surface area contributed by atoms with E-state index in [1.807, 2.05) is 44.4 Å². The van der Waals surface area contributed by atoms with Crippen LogP contribution in [0.15, 0.2) is 72.8 Å². The van der Waals surface area contributed by atoms with Crippen LogP contribution in [0.3, 0.4) is 0 Å². The Bertz CT molecular complexity index is 1070. The first-order chi connectivity index (χ1) is 13.6. The number of hydrogen-bond acceptors (Lipinski definition) is 3. The van der Waals surface area contributed by atoms with Crippen LogP contribution >= 0.6 is 0 Å². The number of halogens is 1. The van der Waals surface area contributed by atoms with Crippen molar-refractivity contribution in [1.82, 2.24) is 9.55 Å². The summed E-state index contributed by atoms with van der Waals surface area (Å²) in [6.07, 6.45) is 0. The summed E-state index contributed by atoms with van der Waals surface area (Å²) >= 11 is 0. The van der Waals surface area contributed by atoms with Crippen LogP contribution in [0.1, 0.15) is 11.1 Å². The first-order valence-corrected chi connectivity index (χ1v) is 9.30. The number of para-hydroxylation sites is 2. The molecule has 4 aromatic rings. The van der Waals surface area contributed by atoms with Gasteiger partial charge in [-0.1, -0.05) is 36.4 Å². The van der Waals surface area contributed by atoms with Crippen LogP contribution in [-0.2, 0) is 13.1 Å². The van der Waals surface area contributed by atoms with E-state index in [1.165, 1.54) is 23.4 Å². The summed E-state index contributed by atoms with van der Waals surface area (Å²) in [5, 5.41) is 3.46. The summed E-state index contributed by atoms with van der Waals surface area (Å²) in [4.78, 5) is 6.84. The van der Waals surface area contributed by atoms with Gasteiger partial charge in [-0.3, -0.25) is 0 Å². The van der Waals surface area contributed by atoms with Gasteiger partial charge < -0.3 is 14.8 Å². The molecule has 0 bridgehead atoms. The summed E-state index contributed by atoms with van der Waals surface area (Å²) in [6, 6.07) is 23.1. The van der Waals surface area contributed by atoms with Crippen molar-refractivity contribution in [2.24, 2.45) is 0 Å². The summed E-state index contributed by atoms with van der Waals surface area (Å²) in [7, 11) is 4.07. The maximum absolute atomic E-state index is 13.2. The van der Waals surface area contributed by atoms with Crippen LogP contribution < -0.4 is 10.2 Å². The Morgan fingerprint density at radius 1 is 0.893 bits per heavy atom. The zero-order chi connectivity index (χ0) is 19.5. The van der Waals surface area contributed by atoms with Gasteiger partial charge in [0.1, 0.15) is 5.82 Å². The molecule has 5 heteroatoms. The molecule has 0 saturated heterocycles. The molecule has 3 aromatic carbocycles. The van der Waals surface area contributed by atoms with E-state index in [2.05, 4.69) is 45.1 Å². The third-order valence-corrected chi connectivity index (χ3v) is 4.81. The smallest absolute Gasteiger partial charge is 0.204 e. The minimum atomic E-state index is -0.223. The molecular weight excluding hydrogens is 351 g/mol. The first kappa shape index (κ1) is 18.0. The minimum Gasteiger partial charge on any atom is -0.378 e. The van der Waals surface area contributed by atoms with Crippen molar-refractivity contribution in [2.45, 2.75) is 13.1 Å². The molecule has 0 spiro atoms. The number of rotatable bonds is 6. The third-order valence-electron chi connectivity index (χ3n) is 4.81. The van der Waals surface area contributed by atoms with Crippen LogP contribution in [0.4, 0.5) is 16.0 Å². The molecule has 4 rings (SSSR count). The minimum absolute atomic E-state index is 0.223. The summed E-state index contributed by atoms with van der Waals surface area (Å²) in [6.45, 7) is 1.31. The largest absolute Gasteiger partial charge is 0.378 e. The molecule has 0 aliphatic carbocycles. The average Bonchev–Trinajstić information content (AvgIpc) is 3.06. The second-order valence-electron chi connectivity index (χ2n) is 7.05. The number of hydrogen-bond donors (Lipinski definition) is 1. The molecule has 1 N–H and O–H groups in total. The normalized spacial score (nSPS) is 11.0. The summed E-state index contributed by atoms with van der Waals surface area (Å²) in [5.74, 6) is 0.584. The highest BCUT2D eigenvalue weighted by Gasteiger charge is 2.11. The fourth-order valence-electron chi connectivity index (χ4n) is 3.24. The SMILES string of the molecule is CN(C)c1ccc(CNc2nc3ccccc3n2Cc2ccc(F)cc2)cc1. The maximum Gasteiger partial charge on any atom is 0.204 e. The molecule has 0 aliphatic heterocycles. The number of nitrogens with zero attached hydrogens (tertiary/aromatic N) is 3. The second-order valence-corrected chi connectivity index (χ2v) is 7.05. The lowest BCUT2D eigenvalue weighted by atomic mass is 10.2. The van der Waals surface area contributed by atoms with Crippen LogP contribution in [0.5, 0.6) is 0 Å². The lowest BCUT2D eigenvalue weighted by Crippen LogP contribution is -2.10. The van der Waals surface area contributed by atoms with Crippen molar-refractivity contribution in [1.29, 1.82) is 0 Å². The molecule has 28 heavy (non-hydrogen) atoms. The fourth-order valence-corrected chi connectivity index (χ4v) is 3.24. The summed E-state index contributed by atoms with van der Waals surface area (Å²) < 4.78 is 15.4. The van der Waals surface area contributed by atoms with Crippen LogP contribution in [0.2, 0.25) is 0 Å². The van der Waals surface area contributed by atoms with Gasteiger partial charge >= 0.3 is 0 Å². The zero-order valence-electron chi connectivity index (χ0n) is 16.1. The van der Waals surface area contributed by atoms with Gasteiger partial charge in [0.2, 0.25) is 5.95 Å². The highest BCUT2D eigenvalue weighted by Crippen LogP contribution is 2.22. The van der Waals surface area contributed by atoms with Gasteiger partial charge in [-0.15, -0.1) is 0 Å². The Morgan fingerprint density at radius 2 is 1.57 bits per heavy atom. The lowest BCUT2D eigenvalue weighted by molar-refractivity contribution is 0.626. The monoisotopic (exact) mass is 374 g/mol. The molecule has 0 saturated carbocycles. The Labute approximate surface area is 164 Å². The maximum atomic E-state index is 13.2. The molecule has 0 aliphatic rings. The lowest BCUT2D eigenvalue weighted by Gasteiger charge is -2.14. The van der Waals surface area contributed by atoms with E-state index in [-0.39, 0.29) is 5.82 Å². The molecule has 4 nitrogen and oxygen atoms in total. The molecule has 142 valence electrons. The second kappa shape index (κ2) is 7.72. The summed E-state index contributed by atoms with van der Waals surface area (Å²) in [5.41, 5.74) is 5.38. The highest BCUT2D eigenvalue weighted by atomic mass is 19.1. The topological polar surface area (TPSA) is 33.1 Å². The molecule has 0 atom stereocenters. The van der Waals surface area contributed by atoms with Crippen LogP contribution in [0.25, 0.3) is 11.0 Å². The molecule has 1 heterocycles. The van der Waals surface area contributed by atoms with Crippen molar-refractivity contribution < 1.29 is 4.39 Å². The number of fused-ring (bicyclic) bond motifs is 1.